The van der Waals surface area contributed by atoms with Crippen LogP contribution >= 0.6 is 11.3 Å². The molecule has 0 aromatic carbocycles. The maximum Gasteiger partial charge on any atom is 0.0982 e. The molecule has 0 aliphatic carbocycles. The molecule has 0 amide bonds. The highest BCUT2D eigenvalue weighted by Crippen LogP contribution is 2.27. The monoisotopic (exact) mass is 281 g/mol. The van der Waals surface area contributed by atoms with Crippen LogP contribution < -0.4 is 5.73 Å². The molecular formula is C15H27N3S. The molecule has 0 spiro atoms. The summed E-state index contributed by atoms with van der Waals surface area (Å²) in [7, 11) is 0. The van der Waals surface area contributed by atoms with Crippen molar-refractivity contribution in [2.24, 2.45) is 5.73 Å². The Labute approximate surface area is 121 Å². The fraction of sp³-hybridized carbons (Fsp3) is 0.800. The van der Waals surface area contributed by atoms with Gasteiger partial charge in [0.1, 0.15) is 0 Å². The van der Waals surface area contributed by atoms with Crippen molar-refractivity contribution in [1.29, 1.82) is 0 Å². The van der Waals surface area contributed by atoms with Gasteiger partial charge in [-0.2, -0.15) is 0 Å². The molecule has 2 rings (SSSR count). The number of piperidine rings is 1. The Morgan fingerprint density at radius 2 is 2.21 bits per heavy atom. The van der Waals surface area contributed by atoms with Crippen molar-refractivity contribution < 1.29 is 0 Å². The van der Waals surface area contributed by atoms with Crippen LogP contribution in [0, 0.1) is 0 Å². The highest BCUT2D eigenvalue weighted by molar-refractivity contribution is 7.09. The summed E-state index contributed by atoms with van der Waals surface area (Å²) in [6.07, 6.45) is 3.83. The second-order valence-electron chi connectivity index (χ2n) is 6.79. The third-order valence-electron chi connectivity index (χ3n) is 3.83. The summed E-state index contributed by atoms with van der Waals surface area (Å²) in [6, 6.07) is 0.773. The summed E-state index contributed by atoms with van der Waals surface area (Å²) in [6.45, 7) is 10.9. The van der Waals surface area contributed by atoms with E-state index in [1.165, 1.54) is 30.0 Å². The van der Waals surface area contributed by atoms with E-state index in [4.69, 9.17) is 10.7 Å². The van der Waals surface area contributed by atoms with E-state index < -0.39 is 0 Å². The number of likely N-dealkylation sites (tertiary alicyclic amines) is 1. The Hall–Kier alpha value is -0.450. The van der Waals surface area contributed by atoms with Gasteiger partial charge in [0, 0.05) is 29.4 Å². The number of aromatic nitrogens is 1. The predicted molar refractivity (Wildman–Crippen MR) is 82.5 cm³/mol. The molecule has 1 fully saturated rings. The molecule has 2 heterocycles. The van der Waals surface area contributed by atoms with Crippen molar-refractivity contribution >= 4 is 11.3 Å². The van der Waals surface area contributed by atoms with Crippen molar-refractivity contribution in [2.75, 3.05) is 6.54 Å². The van der Waals surface area contributed by atoms with Crippen LogP contribution in [0.2, 0.25) is 0 Å². The number of nitrogens with zero attached hydrogens (tertiary/aromatic N) is 2. The molecule has 1 aromatic rings. The van der Waals surface area contributed by atoms with Crippen molar-refractivity contribution in [3.05, 3.63) is 16.1 Å². The van der Waals surface area contributed by atoms with Gasteiger partial charge in [-0.1, -0.05) is 27.2 Å². The molecule has 108 valence electrons. The lowest BCUT2D eigenvalue weighted by Crippen LogP contribution is -2.48. The molecule has 2 atom stereocenters. The molecule has 1 aliphatic rings. The number of rotatable bonds is 3. The third kappa shape index (κ3) is 3.77. The minimum atomic E-state index is 0.158. The van der Waals surface area contributed by atoms with Crippen LogP contribution in [0.4, 0.5) is 0 Å². The summed E-state index contributed by atoms with van der Waals surface area (Å²) < 4.78 is 0. The van der Waals surface area contributed by atoms with E-state index in [9.17, 15) is 0 Å². The minimum absolute atomic E-state index is 0.158. The van der Waals surface area contributed by atoms with Gasteiger partial charge in [-0.3, -0.25) is 4.90 Å². The fourth-order valence-corrected chi connectivity index (χ4v) is 3.64. The highest BCUT2D eigenvalue weighted by Gasteiger charge is 2.26. The highest BCUT2D eigenvalue weighted by atomic mass is 32.1. The van der Waals surface area contributed by atoms with Gasteiger partial charge in [0.15, 0.2) is 0 Å². The van der Waals surface area contributed by atoms with Gasteiger partial charge in [-0.05, 0) is 26.3 Å². The minimum Gasteiger partial charge on any atom is -0.327 e. The zero-order valence-corrected chi connectivity index (χ0v) is 13.5. The SMILES string of the molecule is CC(N)C1CCCCN1Cc1csc(C(C)(C)C)n1. The van der Waals surface area contributed by atoms with E-state index in [0.717, 1.165) is 13.1 Å². The van der Waals surface area contributed by atoms with E-state index in [-0.39, 0.29) is 11.5 Å². The van der Waals surface area contributed by atoms with Gasteiger partial charge in [0.25, 0.3) is 0 Å². The second-order valence-corrected chi connectivity index (χ2v) is 7.64. The number of hydrogen-bond acceptors (Lipinski definition) is 4. The Bertz CT molecular complexity index is 406. The lowest BCUT2D eigenvalue weighted by molar-refractivity contribution is 0.121. The van der Waals surface area contributed by atoms with Crippen molar-refractivity contribution in [2.45, 2.75) is 71.0 Å². The normalized spacial score (nSPS) is 23.5. The smallest absolute Gasteiger partial charge is 0.0982 e. The molecule has 1 saturated heterocycles. The number of nitrogens with two attached hydrogens (primary N) is 1. The summed E-state index contributed by atoms with van der Waals surface area (Å²) in [5.41, 5.74) is 7.49. The molecule has 19 heavy (non-hydrogen) atoms. The topological polar surface area (TPSA) is 42.1 Å². The Balaban J connectivity index is 2.05. The first-order valence-corrected chi connectivity index (χ1v) is 8.20. The number of hydrogen-bond donors (Lipinski definition) is 1. The molecule has 4 heteroatoms. The quantitative estimate of drug-likeness (QED) is 0.925. The molecule has 0 radical (unpaired) electrons. The number of thiazole rings is 1. The Morgan fingerprint density at radius 3 is 2.79 bits per heavy atom. The summed E-state index contributed by atoms with van der Waals surface area (Å²) >= 11 is 1.79. The molecular weight excluding hydrogens is 254 g/mol. The summed E-state index contributed by atoms with van der Waals surface area (Å²) in [5, 5.41) is 3.45. The van der Waals surface area contributed by atoms with Crippen molar-refractivity contribution in [1.82, 2.24) is 9.88 Å². The van der Waals surface area contributed by atoms with Gasteiger partial charge >= 0.3 is 0 Å². The van der Waals surface area contributed by atoms with E-state index >= 15 is 0 Å². The van der Waals surface area contributed by atoms with Crippen LogP contribution in [0.25, 0.3) is 0 Å². The van der Waals surface area contributed by atoms with Crippen LogP contribution in [0.5, 0.6) is 0 Å². The van der Waals surface area contributed by atoms with Crippen LogP contribution in [0.15, 0.2) is 5.38 Å². The maximum atomic E-state index is 6.13. The Morgan fingerprint density at radius 1 is 1.47 bits per heavy atom. The van der Waals surface area contributed by atoms with Gasteiger partial charge < -0.3 is 5.73 Å². The zero-order chi connectivity index (χ0) is 14.0. The average Bonchev–Trinajstić information content (AvgIpc) is 2.77. The maximum absolute atomic E-state index is 6.13. The standard InChI is InChI=1S/C15H27N3S/c1-11(16)13-7-5-6-8-18(13)9-12-10-19-14(17-12)15(2,3)4/h10-11,13H,5-9,16H2,1-4H3. The average molecular weight is 281 g/mol. The Kier molecular flexibility index (Phi) is 4.64. The summed E-state index contributed by atoms with van der Waals surface area (Å²) in [5.74, 6) is 0. The molecule has 1 aromatic heterocycles. The van der Waals surface area contributed by atoms with Crippen LogP contribution in [-0.2, 0) is 12.0 Å². The van der Waals surface area contributed by atoms with E-state index in [0.29, 0.717) is 6.04 Å². The van der Waals surface area contributed by atoms with Gasteiger partial charge in [-0.15, -0.1) is 11.3 Å². The molecule has 3 nitrogen and oxygen atoms in total. The van der Waals surface area contributed by atoms with Gasteiger partial charge in [0.05, 0.1) is 10.7 Å². The lowest BCUT2D eigenvalue weighted by Gasteiger charge is -2.37. The molecule has 0 bridgehead atoms. The van der Waals surface area contributed by atoms with Gasteiger partial charge in [-0.25, -0.2) is 4.98 Å². The van der Waals surface area contributed by atoms with Crippen LogP contribution in [-0.4, -0.2) is 28.5 Å². The first-order chi connectivity index (χ1) is 8.88. The van der Waals surface area contributed by atoms with Gasteiger partial charge in [0.2, 0.25) is 0 Å². The molecule has 2 N–H and O–H groups in total. The second kappa shape index (κ2) is 5.90. The van der Waals surface area contributed by atoms with Crippen molar-refractivity contribution in [3.63, 3.8) is 0 Å². The van der Waals surface area contributed by atoms with E-state index in [1.807, 2.05) is 0 Å². The third-order valence-corrected chi connectivity index (χ3v) is 5.15. The fourth-order valence-electron chi connectivity index (χ4n) is 2.74. The largest absolute Gasteiger partial charge is 0.327 e. The first-order valence-electron chi connectivity index (χ1n) is 7.32. The van der Waals surface area contributed by atoms with Crippen LogP contribution in [0.1, 0.15) is 57.7 Å². The molecule has 2 unspecified atom stereocenters. The molecule has 0 saturated carbocycles. The van der Waals surface area contributed by atoms with Crippen molar-refractivity contribution in [3.8, 4) is 0 Å². The van der Waals surface area contributed by atoms with E-state index in [2.05, 4.69) is 38.0 Å². The lowest BCUT2D eigenvalue weighted by atomic mass is 9.96. The van der Waals surface area contributed by atoms with E-state index in [1.54, 1.807) is 11.3 Å². The van der Waals surface area contributed by atoms with Crippen LogP contribution in [0.3, 0.4) is 0 Å². The molecule has 1 aliphatic heterocycles. The predicted octanol–water partition coefficient (Wildman–Crippen LogP) is 3.14. The zero-order valence-electron chi connectivity index (χ0n) is 12.6. The first kappa shape index (κ1) is 14.9. The summed E-state index contributed by atoms with van der Waals surface area (Å²) in [4.78, 5) is 7.33.